The van der Waals surface area contributed by atoms with Gasteiger partial charge < -0.3 is 10.1 Å². The second-order valence-corrected chi connectivity index (χ2v) is 3.82. The first-order valence-corrected chi connectivity index (χ1v) is 6.41. The van der Waals surface area contributed by atoms with Crippen molar-refractivity contribution in [1.29, 1.82) is 0 Å². The van der Waals surface area contributed by atoms with Crippen LogP contribution in [0.4, 0.5) is 0 Å². The van der Waals surface area contributed by atoms with E-state index in [4.69, 9.17) is 0 Å². The van der Waals surface area contributed by atoms with Gasteiger partial charge in [-0.1, -0.05) is 43.7 Å². The second kappa shape index (κ2) is 9.40. The summed E-state index contributed by atoms with van der Waals surface area (Å²) in [6.45, 7) is 5.99. The number of hydrogen-bond donors (Lipinski definition) is 1. The van der Waals surface area contributed by atoms with E-state index in [-0.39, 0.29) is 11.8 Å². The minimum atomic E-state index is -0.227. The summed E-state index contributed by atoms with van der Waals surface area (Å²) in [5.74, 6) is -0.262. The van der Waals surface area contributed by atoms with Crippen LogP contribution < -0.4 is 5.32 Å². The highest BCUT2D eigenvalue weighted by atomic mass is 16.1. The average Bonchev–Trinajstić information content (AvgIpc) is 2.41. The number of rotatable bonds is 5. The van der Waals surface area contributed by atoms with Crippen molar-refractivity contribution in [2.24, 2.45) is 0 Å². The molecule has 1 atom stereocenters. The summed E-state index contributed by atoms with van der Waals surface area (Å²) in [6, 6.07) is 7.84. The van der Waals surface area contributed by atoms with Crippen molar-refractivity contribution in [3.8, 4) is 0 Å². The molecule has 18 heavy (non-hydrogen) atoms. The zero-order valence-electron chi connectivity index (χ0n) is 11.7. The van der Waals surface area contributed by atoms with Crippen LogP contribution >= 0.6 is 0 Å². The molecule has 0 aliphatic carbocycles. The molecule has 0 heterocycles. The van der Waals surface area contributed by atoms with E-state index in [1.54, 1.807) is 7.05 Å². The summed E-state index contributed by atoms with van der Waals surface area (Å²) in [6.07, 6.45) is 1.82. The van der Waals surface area contributed by atoms with Gasteiger partial charge in [0.05, 0.1) is 5.92 Å². The molecule has 0 spiro atoms. The van der Waals surface area contributed by atoms with Crippen LogP contribution in [-0.2, 0) is 9.59 Å². The Morgan fingerprint density at radius 1 is 1.39 bits per heavy atom. The van der Waals surface area contributed by atoms with Gasteiger partial charge in [-0.25, -0.2) is 0 Å². The summed E-state index contributed by atoms with van der Waals surface area (Å²) >= 11 is 0. The van der Waals surface area contributed by atoms with Crippen molar-refractivity contribution in [2.75, 3.05) is 7.05 Å². The zero-order chi connectivity index (χ0) is 14.0. The Morgan fingerprint density at radius 3 is 2.56 bits per heavy atom. The smallest absolute Gasteiger partial charge is 0.227 e. The first-order chi connectivity index (χ1) is 8.69. The summed E-state index contributed by atoms with van der Waals surface area (Å²) in [5.41, 5.74) is 2.10. The number of likely N-dealkylation sites (N-methyl/N-ethyl adjacent to an activating group) is 1. The fraction of sp³-hybridized carbons (Fsp3) is 0.467. The quantitative estimate of drug-likeness (QED) is 0.816. The normalized spacial score (nSPS) is 10.9. The molecular weight excluding hydrogens is 226 g/mol. The highest BCUT2D eigenvalue weighted by Crippen LogP contribution is 2.21. The van der Waals surface area contributed by atoms with Crippen molar-refractivity contribution in [1.82, 2.24) is 5.32 Å². The Bertz CT molecular complexity index is 375. The van der Waals surface area contributed by atoms with Gasteiger partial charge in [0.15, 0.2) is 0 Å². The fourth-order valence-electron chi connectivity index (χ4n) is 1.74. The molecule has 1 rings (SSSR count). The zero-order valence-corrected chi connectivity index (χ0v) is 11.7. The minimum Gasteiger partial charge on any atom is -0.359 e. The fourth-order valence-corrected chi connectivity index (χ4v) is 1.74. The van der Waals surface area contributed by atoms with Crippen molar-refractivity contribution in [2.45, 2.75) is 39.5 Å². The maximum atomic E-state index is 11.7. The lowest BCUT2D eigenvalue weighted by Crippen LogP contribution is -2.26. The molecule has 0 bridgehead atoms. The lowest BCUT2D eigenvalue weighted by atomic mass is 9.92. The molecular formula is C15H23NO2. The topological polar surface area (TPSA) is 46.2 Å². The number of amides is 1. The van der Waals surface area contributed by atoms with Gasteiger partial charge in [-0.3, -0.25) is 4.79 Å². The molecule has 100 valence electrons. The third-order valence-electron chi connectivity index (χ3n) is 2.58. The maximum absolute atomic E-state index is 11.7. The monoisotopic (exact) mass is 249 g/mol. The highest BCUT2D eigenvalue weighted by Gasteiger charge is 2.18. The van der Waals surface area contributed by atoms with Crippen LogP contribution in [0.15, 0.2) is 24.3 Å². The van der Waals surface area contributed by atoms with Crippen LogP contribution in [0.5, 0.6) is 0 Å². The molecule has 1 N–H and O–H groups in total. The molecule has 0 saturated heterocycles. The molecule has 0 radical (unpaired) electrons. The van der Waals surface area contributed by atoms with E-state index >= 15 is 0 Å². The number of benzene rings is 1. The van der Waals surface area contributed by atoms with Gasteiger partial charge in [-0.05, 0) is 18.9 Å². The predicted octanol–water partition coefficient (Wildman–Crippen LogP) is 2.83. The number of carbonyl (C=O) groups excluding carboxylic acids is 2. The summed E-state index contributed by atoms with van der Waals surface area (Å²) in [7, 11) is 1.62. The second-order valence-electron chi connectivity index (χ2n) is 3.82. The largest absolute Gasteiger partial charge is 0.359 e. The Kier molecular flexibility index (Phi) is 8.54. The van der Waals surface area contributed by atoms with E-state index in [9.17, 15) is 9.59 Å². The lowest BCUT2D eigenvalue weighted by molar-refractivity contribution is -0.122. The van der Waals surface area contributed by atoms with Crippen LogP contribution in [0.2, 0.25) is 0 Å². The first-order valence-electron chi connectivity index (χ1n) is 6.41. The summed E-state index contributed by atoms with van der Waals surface area (Å²) < 4.78 is 0. The summed E-state index contributed by atoms with van der Waals surface area (Å²) in [4.78, 5) is 22.1. The Hall–Kier alpha value is -1.64. The van der Waals surface area contributed by atoms with E-state index in [1.165, 1.54) is 0 Å². The number of hydrogen-bond acceptors (Lipinski definition) is 2. The average molecular weight is 249 g/mol. The molecule has 0 aliphatic heterocycles. The molecule has 1 unspecified atom stereocenters. The molecule has 0 saturated carbocycles. The van der Waals surface area contributed by atoms with E-state index in [0.717, 1.165) is 17.4 Å². The molecule has 3 nitrogen and oxygen atoms in total. The molecule has 0 aliphatic rings. The minimum absolute atomic E-state index is 0.0348. The molecule has 1 aromatic rings. The van der Waals surface area contributed by atoms with E-state index in [0.29, 0.717) is 12.8 Å². The van der Waals surface area contributed by atoms with Gasteiger partial charge in [-0.2, -0.15) is 0 Å². The van der Waals surface area contributed by atoms with Gasteiger partial charge in [0.1, 0.15) is 6.29 Å². The molecule has 1 aromatic carbocycles. The third kappa shape index (κ3) is 5.13. The standard InChI is InChI=1S/C13H17NO2.C2H6/c1-10-5-3-6-11(9-10)12(7-4-8-15)13(16)14-2;1-2/h3,5-6,8-9,12H,4,7H2,1-2H3,(H,14,16);1-2H3. The van der Waals surface area contributed by atoms with Crippen LogP contribution in [0.25, 0.3) is 0 Å². The highest BCUT2D eigenvalue weighted by molar-refractivity contribution is 5.83. The van der Waals surface area contributed by atoms with Crippen molar-refractivity contribution < 1.29 is 9.59 Å². The Morgan fingerprint density at radius 2 is 2.06 bits per heavy atom. The first kappa shape index (κ1) is 16.4. The molecule has 0 aromatic heterocycles. The van der Waals surface area contributed by atoms with Gasteiger partial charge in [0, 0.05) is 13.5 Å². The van der Waals surface area contributed by atoms with Gasteiger partial charge in [-0.15, -0.1) is 0 Å². The van der Waals surface area contributed by atoms with Crippen LogP contribution in [0, 0.1) is 6.92 Å². The summed E-state index contributed by atoms with van der Waals surface area (Å²) in [5, 5.41) is 2.64. The number of aryl methyl sites for hydroxylation is 1. The van der Waals surface area contributed by atoms with Gasteiger partial charge in [0.2, 0.25) is 5.91 Å². The van der Waals surface area contributed by atoms with Gasteiger partial charge in [0.25, 0.3) is 0 Å². The van der Waals surface area contributed by atoms with E-state index in [2.05, 4.69) is 5.32 Å². The van der Waals surface area contributed by atoms with Crippen LogP contribution in [-0.4, -0.2) is 19.2 Å². The molecule has 0 fully saturated rings. The third-order valence-corrected chi connectivity index (χ3v) is 2.58. The predicted molar refractivity (Wildman–Crippen MR) is 74.6 cm³/mol. The van der Waals surface area contributed by atoms with Gasteiger partial charge >= 0.3 is 0 Å². The molecule has 3 heteroatoms. The van der Waals surface area contributed by atoms with Crippen LogP contribution in [0.1, 0.15) is 43.7 Å². The maximum Gasteiger partial charge on any atom is 0.227 e. The Labute approximate surface area is 110 Å². The van der Waals surface area contributed by atoms with Crippen molar-refractivity contribution >= 4 is 12.2 Å². The van der Waals surface area contributed by atoms with Crippen molar-refractivity contribution in [3.63, 3.8) is 0 Å². The van der Waals surface area contributed by atoms with Crippen LogP contribution in [0.3, 0.4) is 0 Å². The van der Waals surface area contributed by atoms with E-state index < -0.39 is 0 Å². The van der Waals surface area contributed by atoms with E-state index in [1.807, 2.05) is 45.0 Å². The Balaban J connectivity index is 0.00000137. The number of nitrogens with one attached hydrogen (secondary N) is 1. The number of carbonyl (C=O) groups is 2. The van der Waals surface area contributed by atoms with Crippen molar-refractivity contribution in [3.05, 3.63) is 35.4 Å². The molecule has 1 amide bonds. The SMILES string of the molecule is CC.CNC(=O)C(CCC=O)c1cccc(C)c1. The number of aldehydes is 1. The lowest BCUT2D eigenvalue weighted by Gasteiger charge is -2.15.